The molecule has 3 rings (SSSR count). The van der Waals surface area contributed by atoms with Crippen LogP contribution in [0.5, 0.6) is 0 Å². The van der Waals surface area contributed by atoms with Gasteiger partial charge in [-0.05, 0) is 25.6 Å². The molecule has 30 heavy (non-hydrogen) atoms. The predicted molar refractivity (Wildman–Crippen MR) is 110 cm³/mol. The number of piperidine rings is 1. The van der Waals surface area contributed by atoms with Crippen molar-refractivity contribution in [2.75, 3.05) is 14.2 Å². The Bertz CT molecular complexity index is 847. The second kappa shape index (κ2) is 9.71. The molecule has 1 aromatic rings. The lowest BCUT2D eigenvalue weighted by Crippen LogP contribution is -2.46. The molecule has 2 fully saturated rings. The largest absolute Gasteiger partial charge is 0.466 e. The van der Waals surface area contributed by atoms with Gasteiger partial charge in [0.15, 0.2) is 0 Å². The zero-order chi connectivity index (χ0) is 21.7. The number of hydrogen-bond acceptors (Lipinski definition) is 7. The van der Waals surface area contributed by atoms with Crippen LogP contribution in [0.1, 0.15) is 31.7 Å². The standard InChI is InChI=1S/C23H27NO6/c1-15(23(27)28-3)11-22(26)29-18-12-17-13-20(19(14-18)24(17)2)30-21(25)10-9-16-7-5-4-6-8-16/h4-11,17-20H,12-14H2,1-3H3. The van der Waals surface area contributed by atoms with E-state index in [0.29, 0.717) is 19.3 Å². The van der Waals surface area contributed by atoms with Gasteiger partial charge in [0.25, 0.3) is 0 Å². The molecule has 4 unspecified atom stereocenters. The molecule has 0 amide bonds. The quantitative estimate of drug-likeness (QED) is 0.403. The molecule has 7 nitrogen and oxygen atoms in total. The lowest BCUT2D eigenvalue weighted by molar-refractivity contribution is -0.150. The van der Waals surface area contributed by atoms with Crippen molar-refractivity contribution in [3.05, 3.63) is 53.6 Å². The van der Waals surface area contributed by atoms with E-state index in [1.54, 1.807) is 6.08 Å². The topological polar surface area (TPSA) is 82.1 Å². The summed E-state index contributed by atoms with van der Waals surface area (Å²) >= 11 is 0. The number of ether oxygens (including phenoxy) is 3. The molecule has 0 spiro atoms. The number of methoxy groups -OCH3 is 1. The molecule has 0 aliphatic carbocycles. The Balaban J connectivity index is 1.56. The summed E-state index contributed by atoms with van der Waals surface area (Å²) in [7, 11) is 3.26. The Labute approximate surface area is 176 Å². The normalized spacial score (nSPS) is 26.4. The zero-order valence-corrected chi connectivity index (χ0v) is 17.4. The maximum Gasteiger partial charge on any atom is 0.333 e. The smallest absolute Gasteiger partial charge is 0.333 e. The van der Waals surface area contributed by atoms with Crippen molar-refractivity contribution in [2.45, 2.75) is 50.5 Å². The molecule has 0 radical (unpaired) electrons. The van der Waals surface area contributed by atoms with Crippen LogP contribution in [0.25, 0.3) is 6.08 Å². The lowest BCUT2D eigenvalue weighted by atomic mass is 10.0. The Hall–Kier alpha value is -2.93. The van der Waals surface area contributed by atoms with Crippen LogP contribution in [-0.4, -0.2) is 61.3 Å². The number of benzene rings is 1. The fourth-order valence-electron chi connectivity index (χ4n) is 4.11. The van der Waals surface area contributed by atoms with E-state index in [4.69, 9.17) is 9.47 Å². The van der Waals surface area contributed by atoms with Gasteiger partial charge in [-0.25, -0.2) is 14.4 Å². The van der Waals surface area contributed by atoms with Crippen LogP contribution in [0.3, 0.4) is 0 Å². The SMILES string of the molecule is COC(=O)C(C)=CC(=O)OC1CC2CC(OC(=O)C=Cc3ccccc3)C(C1)N2C. The Kier molecular flexibility index (Phi) is 7.05. The first-order valence-electron chi connectivity index (χ1n) is 10.00. The van der Waals surface area contributed by atoms with Gasteiger partial charge in [0.2, 0.25) is 0 Å². The van der Waals surface area contributed by atoms with E-state index in [0.717, 1.165) is 11.6 Å². The summed E-state index contributed by atoms with van der Waals surface area (Å²) < 4.78 is 15.8. The molecule has 7 heteroatoms. The number of carbonyl (C=O) groups is 3. The molecule has 4 atom stereocenters. The minimum Gasteiger partial charge on any atom is -0.466 e. The number of carbonyl (C=O) groups excluding carboxylic acids is 3. The van der Waals surface area contributed by atoms with E-state index < -0.39 is 11.9 Å². The van der Waals surface area contributed by atoms with Gasteiger partial charge in [-0.3, -0.25) is 4.90 Å². The van der Waals surface area contributed by atoms with E-state index in [2.05, 4.69) is 9.64 Å². The van der Waals surface area contributed by atoms with Crippen LogP contribution in [0, 0.1) is 0 Å². The van der Waals surface area contributed by atoms with Gasteiger partial charge in [0, 0.05) is 43.0 Å². The first-order valence-corrected chi connectivity index (χ1v) is 10.00. The summed E-state index contributed by atoms with van der Waals surface area (Å²) in [5.41, 5.74) is 1.12. The number of esters is 3. The lowest BCUT2D eigenvalue weighted by Gasteiger charge is -2.36. The van der Waals surface area contributed by atoms with Crippen LogP contribution >= 0.6 is 0 Å². The molecule has 2 aliphatic rings. The Morgan fingerprint density at radius 1 is 1.03 bits per heavy atom. The van der Waals surface area contributed by atoms with Crippen LogP contribution in [0.4, 0.5) is 0 Å². The zero-order valence-electron chi connectivity index (χ0n) is 17.4. The number of rotatable bonds is 6. The molecule has 1 aromatic carbocycles. The summed E-state index contributed by atoms with van der Waals surface area (Å²) in [4.78, 5) is 38.0. The average Bonchev–Trinajstić information content (AvgIpc) is 2.89. The Morgan fingerprint density at radius 3 is 2.47 bits per heavy atom. The Morgan fingerprint density at radius 2 is 1.77 bits per heavy atom. The minimum absolute atomic E-state index is 0.0127. The van der Waals surface area contributed by atoms with Crippen molar-refractivity contribution in [1.82, 2.24) is 4.90 Å². The molecule has 0 aromatic heterocycles. The summed E-state index contributed by atoms with van der Waals surface area (Å²) in [5.74, 6) is -1.51. The maximum absolute atomic E-state index is 12.3. The molecule has 2 heterocycles. The molecular formula is C23H27NO6. The molecule has 2 aliphatic heterocycles. The van der Waals surface area contributed by atoms with Crippen LogP contribution in [0.2, 0.25) is 0 Å². The highest BCUT2D eigenvalue weighted by molar-refractivity contribution is 5.95. The van der Waals surface area contributed by atoms with Gasteiger partial charge >= 0.3 is 17.9 Å². The molecule has 2 bridgehead atoms. The van der Waals surface area contributed by atoms with Crippen LogP contribution in [-0.2, 0) is 28.6 Å². The number of fused-ring (bicyclic) bond motifs is 2. The van der Waals surface area contributed by atoms with Crippen molar-refractivity contribution in [3.8, 4) is 0 Å². The van der Waals surface area contributed by atoms with Crippen molar-refractivity contribution in [2.24, 2.45) is 0 Å². The molecule has 160 valence electrons. The highest BCUT2D eigenvalue weighted by atomic mass is 16.6. The summed E-state index contributed by atoms with van der Waals surface area (Å²) in [6, 6.07) is 9.71. The van der Waals surface area contributed by atoms with Crippen molar-refractivity contribution < 1.29 is 28.6 Å². The molecular weight excluding hydrogens is 386 g/mol. The fourth-order valence-corrected chi connectivity index (χ4v) is 4.11. The highest BCUT2D eigenvalue weighted by Crippen LogP contribution is 2.37. The van der Waals surface area contributed by atoms with Crippen molar-refractivity contribution >= 4 is 24.0 Å². The third kappa shape index (κ3) is 5.36. The first kappa shape index (κ1) is 21.8. The monoisotopic (exact) mass is 413 g/mol. The van der Waals surface area contributed by atoms with Gasteiger partial charge in [-0.2, -0.15) is 0 Å². The van der Waals surface area contributed by atoms with E-state index in [-0.39, 0.29) is 35.8 Å². The fraction of sp³-hybridized carbons (Fsp3) is 0.435. The van der Waals surface area contributed by atoms with E-state index >= 15 is 0 Å². The van der Waals surface area contributed by atoms with Crippen molar-refractivity contribution in [3.63, 3.8) is 0 Å². The number of likely N-dealkylation sites (N-methyl/N-ethyl adjacent to an activating group) is 1. The van der Waals surface area contributed by atoms with Gasteiger partial charge in [0.1, 0.15) is 12.2 Å². The molecule has 2 saturated heterocycles. The average molecular weight is 413 g/mol. The highest BCUT2D eigenvalue weighted by Gasteiger charge is 2.47. The van der Waals surface area contributed by atoms with Gasteiger partial charge < -0.3 is 14.2 Å². The van der Waals surface area contributed by atoms with Crippen LogP contribution < -0.4 is 0 Å². The minimum atomic E-state index is -0.564. The maximum atomic E-state index is 12.3. The second-order valence-electron chi connectivity index (χ2n) is 7.69. The van der Waals surface area contributed by atoms with E-state index in [9.17, 15) is 14.4 Å². The van der Waals surface area contributed by atoms with Crippen molar-refractivity contribution in [1.29, 1.82) is 0 Å². The van der Waals surface area contributed by atoms with Gasteiger partial charge in [0.05, 0.1) is 13.2 Å². The summed E-state index contributed by atoms with van der Waals surface area (Å²) in [5, 5.41) is 0. The molecule has 0 saturated carbocycles. The number of hydrogen-bond donors (Lipinski definition) is 0. The van der Waals surface area contributed by atoms with Gasteiger partial charge in [-0.1, -0.05) is 30.3 Å². The molecule has 0 N–H and O–H groups in total. The summed E-state index contributed by atoms with van der Waals surface area (Å²) in [6.45, 7) is 1.50. The third-order valence-corrected chi connectivity index (χ3v) is 5.68. The first-order chi connectivity index (χ1) is 14.4. The number of nitrogens with zero attached hydrogens (tertiary/aromatic N) is 1. The van der Waals surface area contributed by atoms with E-state index in [1.807, 2.05) is 37.4 Å². The summed E-state index contributed by atoms with van der Waals surface area (Å²) in [6.07, 6.45) is 5.73. The van der Waals surface area contributed by atoms with E-state index in [1.165, 1.54) is 20.1 Å². The predicted octanol–water partition coefficient (Wildman–Crippen LogP) is 2.51. The van der Waals surface area contributed by atoms with Gasteiger partial charge in [-0.15, -0.1) is 0 Å². The third-order valence-electron chi connectivity index (χ3n) is 5.68. The van der Waals surface area contributed by atoms with Crippen LogP contribution in [0.15, 0.2) is 48.1 Å². The second-order valence-corrected chi connectivity index (χ2v) is 7.69.